The summed E-state index contributed by atoms with van der Waals surface area (Å²) in [5.74, 6) is -0.292. The summed E-state index contributed by atoms with van der Waals surface area (Å²) in [5.41, 5.74) is 2.90. The maximum Gasteiger partial charge on any atom is 0.308 e. The number of nitrogens with one attached hydrogen (secondary N) is 1. The summed E-state index contributed by atoms with van der Waals surface area (Å²) >= 11 is 0. The number of carbonyl (C=O) groups excluding carboxylic acids is 2. The molecule has 27 heavy (non-hydrogen) atoms. The molecule has 3 rings (SSSR count). The number of ether oxygens (including phenoxy) is 1. The largest absolute Gasteiger partial charge is 0.469 e. The van der Waals surface area contributed by atoms with E-state index in [1.165, 1.54) is 7.11 Å². The number of benzene rings is 2. The molecule has 5 heteroatoms. The first-order valence-corrected chi connectivity index (χ1v) is 9.33. The highest BCUT2D eigenvalue weighted by Crippen LogP contribution is 2.28. The number of aryl methyl sites for hydroxylation is 1. The molecule has 1 atom stereocenters. The fourth-order valence-electron chi connectivity index (χ4n) is 3.57. The van der Waals surface area contributed by atoms with E-state index in [-0.39, 0.29) is 23.8 Å². The van der Waals surface area contributed by atoms with E-state index in [4.69, 9.17) is 4.74 Å². The van der Waals surface area contributed by atoms with Gasteiger partial charge in [-0.05, 0) is 37.5 Å². The van der Waals surface area contributed by atoms with E-state index >= 15 is 0 Å². The van der Waals surface area contributed by atoms with Crippen LogP contribution in [0.15, 0.2) is 54.6 Å². The maximum atomic E-state index is 13.1. The Morgan fingerprint density at radius 1 is 1.04 bits per heavy atom. The molecule has 2 aromatic rings. The van der Waals surface area contributed by atoms with Crippen LogP contribution in [0.25, 0.3) is 0 Å². The van der Waals surface area contributed by atoms with Gasteiger partial charge in [0, 0.05) is 18.8 Å². The molecule has 0 spiro atoms. The van der Waals surface area contributed by atoms with E-state index in [1.54, 1.807) is 0 Å². The second kappa shape index (κ2) is 8.82. The molecule has 0 unspecified atom stereocenters. The topological polar surface area (TPSA) is 58.6 Å². The van der Waals surface area contributed by atoms with E-state index in [0.717, 1.165) is 16.8 Å². The third kappa shape index (κ3) is 4.74. The van der Waals surface area contributed by atoms with Crippen molar-refractivity contribution in [1.29, 1.82) is 0 Å². The molecule has 0 radical (unpaired) electrons. The minimum atomic E-state index is -0.383. The van der Waals surface area contributed by atoms with Gasteiger partial charge in [0.2, 0.25) is 5.91 Å². The number of amides is 1. The predicted octanol–water partition coefficient (Wildman–Crippen LogP) is 3.56. The highest BCUT2D eigenvalue weighted by molar-refractivity contribution is 5.95. The van der Waals surface area contributed by atoms with Crippen molar-refractivity contribution < 1.29 is 14.3 Å². The van der Waals surface area contributed by atoms with Gasteiger partial charge in [-0.15, -0.1) is 0 Å². The molecule has 1 N–H and O–H groups in total. The molecule has 0 aliphatic carbocycles. The second-order valence-electron chi connectivity index (χ2n) is 7.00. The summed E-state index contributed by atoms with van der Waals surface area (Å²) < 4.78 is 4.87. The van der Waals surface area contributed by atoms with Gasteiger partial charge in [-0.25, -0.2) is 0 Å². The first kappa shape index (κ1) is 19.1. The van der Waals surface area contributed by atoms with Gasteiger partial charge >= 0.3 is 5.97 Å². The van der Waals surface area contributed by atoms with E-state index in [0.29, 0.717) is 25.9 Å². The molecule has 1 fully saturated rings. The van der Waals surface area contributed by atoms with Crippen molar-refractivity contribution in [2.75, 3.05) is 25.5 Å². The van der Waals surface area contributed by atoms with Crippen LogP contribution in [0.5, 0.6) is 0 Å². The molecule has 142 valence electrons. The monoisotopic (exact) mass is 366 g/mol. The zero-order valence-corrected chi connectivity index (χ0v) is 15.9. The fourth-order valence-corrected chi connectivity index (χ4v) is 3.57. The van der Waals surface area contributed by atoms with Crippen molar-refractivity contribution in [1.82, 2.24) is 4.90 Å². The molecule has 1 saturated heterocycles. The van der Waals surface area contributed by atoms with Gasteiger partial charge in [-0.1, -0.05) is 48.0 Å². The zero-order chi connectivity index (χ0) is 19.2. The molecule has 0 bridgehead atoms. The van der Waals surface area contributed by atoms with Crippen molar-refractivity contribution in [3.05, 3.63) is 65.7 Å². The molecule has 0 aromatic heterocycles. The summed E-state index contributed by atoms with van der Waals surface area (Å²) in [6.07, 6.45) is 1.40. The Bertz CT molecular complexity index is 766. The number of methoxy groups -OCH3 is 1. The molecule has 1 aliphatic heterocycles. The van der Waals surface area contributed by atoms with Crippen LogP contribution in [0.3, 0.4) is 0 Å². The molecule has 5 nitrogen and oxygen atoms in total. The second-order valence-corrected chi connectivity index (χ2v) is 7.00. The fraction of sp³-hybridized carbons (Fsp3) is 0.364. The highest BCUT2D eigenvalue weighted by Gasteiger charge is 2.33. The molecule has 2 aromatic carbocycles. The quantitative estimate of drug-likeness (QED) is 0.822. The third-order valence-corrected chi connectivity index (χ3v) is 5.11. The standard InChI is InChI=1S/C22H26N2O3/c1-16-8-10-19(11-9-16)23-21(25)20(17-6-4-3-5-7-17)24-14-12-18(13-15-24)22(26)27-2/h3-11,18,20H,12-15H2,1-2H3,(H,23,25)/t20-/m0/s1. The van der Waals surface area contributed by atoms with Crippen molar-refractivity contribution in [2.45, 2.75) is 25.8 Å². The lowest BCUT2D eigenvalue weighted by atomic mass is 9.94. The summed E-state index contributed by atoms with van der Waals surface area (Å²) in [5, 5.41) is 3.04. The Morgan fingerprint density at radius 3 is 2.26 bits per heavy atom. The summed E-state index contributed by atoms with van der Waals surface area (Å²) in [6.45, 7) is 3.38. The predicted molar refractivity (Wildman–Crippen MR) is 105 cm³/mol. The van der Waals surface area contributed by atoms with Crippen LogP contribution in [0.4, 0.5) is 5.69 Å². The van der Waals surface area contributed by atoms with E-state index < -0.39 is 0 Å². The minimum absolute atomic E-state index is 0.0541. The number of likely N-dealkylation sites (tertiary alicyclic amines) is 1. The first-order chi connectivity index (χ1) is 13.1. The number of piperidine rings is 1. The lowest BCUT2D eigenvalue weighted by molar-refractivity contribution is -0.147. The summed E-state index contributed by atoms with van der Waals surface area (Å²) in [6, 6.07) is 17.2. The molecule has 1 aliphatic rings. The van der Waals surface area contributed by atoms with E-state index in [9.17, 15) is 9.59 Å². The highest BCUT2D eigenvalue weighted by atomic mass is 16.5. The average Bonchev–Trinajstić information content (AvgIpc) is 2.71. The van der Waals surface area contributed by atoms with Crippen LogP contribution in [0.2, 0.25) is 0 Å². The molecule has 1 amide bonds. The van der Waals surface area contributed by atoms with Crippen LogP contribution in [-0.4, -0.2) is 37.0 Å². The van der Waals surface area contributed by atoms with Crippen molar-refractivity contribution >= 4 is 17.6 Å². The van der Waals surface area contributed by atoms with Gasteiger partial charge in [-0.2, -0.15) is 0 Å². The van der Waals surface area contributed by atoms with Gasteiger partial charge in [0.1, 0.15) is 6.04 Å². The van der Waals surface area contributed by atoms with Crippen molar-refractivity contribution in [2.24, 2.45) is 5.92 Å². The molecular weight excluding hydrogens is 340 g/mol. The number of carbonyl (C=O) groups is 2. The number of rotatable bonds is 5. The Hall–Kier alpha value is -2.66. The molecule has 1 heterocycles. The number of hydrogen-bond donors (Lipinski definition) is 1. The maximum absolute atomic E-state index is 13.1. The number of anilines is 1. The minimum Gasteiger partial charge on any atom is -0.469 e. The molecule has 0 saturated carbocycles. The number of hydrogen-bond acceptors (Lipinski definition) is 4. The lowest BCUT2D eigenvalue weighted by Gasteiger charge is -2.36. The van der Waals surface area contributed by atoms with Crippen molar-refractivity contribution in [3.8, 4) is 0 Å². The Morgan fingerprint density at radius 2 is 1.67 bits per heavy atom. The third-order valence-electron chi connectivity index (χ3n) is 5.11. The average molecular weight is 366 g/mol. The zero-order valence-electron chi connectivity index (χ0n) is 15.9. The lowest BCUT2D eigenvalue weighted by Crippen LogP contribution is -2.43. The summed E-state index contributed by atoms with van der Waals surface area (Å²) in [4.78, 5) is 27.1. The smallest absolute Gasteiger partial charge is 0.308 e. The Kier molecular flexibility index (Phi) is 6.24. The van der Waals surface area contributed by atoms with Gasteiger partial charge < -0.3 is 10.1 Å². The van der Waals surface area contributed by atoms with Gasteiger partial charge in [0.15, 0.2) is 0 Å². The van der Waals surface area contributed by atoms with Crippen LogP contribution >= 0.6 is 0 Å². The normalized spacial score (nSPS) is 16.5. The van der Waals surface area contributed by atoms with Crippen LogP contribution in [0.1, 0.15) is 30.0 Å². The molecular formula is C22H26N2O3. The van der Waals surface area contributed by atoms with Crippen LogP contribution < -0.4 is 5.32 Å². The first-order valence-electron chi connectivity index (χ1n) is 9.33. The Labute approximate surface area is 160 Å². The van der Waals surface area contributed by atoms with Gasteiger partial charge in [0.25, 0.3) is 0 Å². The van der Waals surface area contributed by atoms with Crippen LogP contribution in [0, 0.1) is 12.8 Å². The Balaban J connectivity index is 1.77. The SMILES string of the molecule is COC(=O)C1CCN([C@H](C(=O)Nc2ccc(C)cc2)c2ccccc2)CC1. The van der Waals surface area contributed by atoms with Gasteiger partial charge in [0.05, 0.1) is 13.0 Å². The van der Waals surface area contributed by atoms with Gasteiger partial charge in [-0.3, -0.25) is 14.5 Å². The summed E-state index contributed by atoms with van der Waals surface area (Å²) in [7, 11) is 1.43. The number of esters is 1. The van der Waals surface area contributed by atoms with Crippen molar-refractivity contribution in [3.63, 3.8) is 0 Å². The van der Waals surface area contributed by atoms with Crippen LogP contribution in [-0.2, 0) is 14.3 Å². The van der Waals surface area contributed by atoms with E-state index in [1.807, 2.05) is 61.5 Å². The van der Waals surface area contributed by atoms with E-state index in [2.05, 4.69) is 10.2 Å². The number of nitrogens with zero attached hydrogens (tertiary/aromatic N) is 1.